The van der Waals surface area contributed by atoms with Crippen LogP contribution >= 0.6 is 12.6 Å². The average molecular weight is 231 g/mol. The molecule has 3 nitrogen and oxygen atoms in total. The van der Waals surface area contributed by atoms with Crippen molar-refractivity contribution in [1.29, 1.82) is 0 Å². The third-order valence-corrected chi connectivity index (χ3v) is 3.59. The number of hydrogen-bond acceptors (Lipinski definition) is 3. The van der Waals surface area contributed by atoms with E-state index in [1.54, 1.807) is 0 Å². The average Bonchev–Trinajstić information content (AvgIpc) is 2.16. The van der Waals surface area contributed by atoms with Crippen molar-refractivity contribution in [3.05, 3.63) is 0 Å². The van der Waals surface area contributed by atoms with Gasteiger partial charge in [-0.2, -0.15) is 12.6 Å². The van der Waals surface area contributed by atoms with Gasteiger partial charge in [-0.15, -0.1) is 0 Å². The van der Waals surface area contributed by atoms with Crippen LogP contribution in [0, 0.1) is 5.92 Å². The quantitative estimate of drug-likeness (QED) is 0.725. The molecule has 1 saturated heterocycles. The molecular weight excluding hydrogens is 210 g/mol. The van der Waals surface area contributed by atoms with E-state index in [1.165, 1.54) is 0 Å². The maximum Gasteiger partial charge on any atom is 0.233 e. The molecule has 0 saturated carbocycles. The molecule has 0 bridgehead atoms. The van der Waals surface area contributed by atoms with E-state index in [2.05, 4.69) is 17.9 Å². The summed E-state index contributed by atoms with van der Waals surface area (Å²) in [5, 5.41) is 2.80. The smallest absolute Gasteiger partial charge is 0.233 e. The molecule has 88 valence electrons. The Balaban J connectivity index is 2.49. The second-order valence-corrected chi connectivity index (χ2v) is 5.45. The van der Waals surface area contributed by atoms with Crippen LogP contribution in [-0.2, 0) is 9.53 Å². The van der Waals surface area contributed by atoms with Gasteiger partial charge in [-0.05, 0) is 25.7 Å². The van der Waals surface area contributed by atoms with Crippen LogP contribution in [0.3, 0.4) is 0 Å². The Morgan fingerprint density at radius 2 is 2.20 bits per heavy atom. The van der Waals surface area contributed by atoms with Crippen molar-refractivity contribution in [3.8, 4) is 0 Å². The largest absolute Gasteiger partial charge is 0.379 e. The molecule has 1 aliphatic rings. The fourth-order valence-corrected chi connectivity index (χ4v) is 1.77. The number of nitrogens with one attached hydrogen (secondary N) is 1. The Hall–Kier alpha value is -0.220. The Morgan fingerprint density at radius 1 is 1.53 bits per heavy atom. The van der Waals surface area contributed by atoms with Crippen molar-refractivity contribution in [1.82, 2.24) is 5.32 Å². The van der Waals surface area contributed by atoms with E-state index < -0.39 is 0 Å². The molecule has 0 aliphatic carbocycles. The van der Waals surface area contributed by atoms with Gasteiger partial charge in [0, 0.05) is 6.61 Å². The summed E-state index contributed by atoms with van der Waals surface area (Å²) in [5.74, 6) is 0.266. The number of rotatable bonds is 3. The fourth-order valence-electron chi connectivity index (χ4n) is 1.71. The molecule has 4 heteroatoms. The molecule has 1 N–H and O–H groups in total. The molecule has 1 aliphatic heterocycles. The van der Waals surface area contributed by atoms with Crippen molar-refractivity contribution in [2.45, 2.75) is 44.4 Å². The molecule has 1 heterocycles. The zero-order valence-electron chi connectivity index (χ0n) is 9.75. The van der Waals surface area contributed by atoms with Crippen LogP contribution in [0.1, 0.15) is 33.6 Å². The van der Waals surface area contributed by atoms with E-state index in [4.69, 9.17) is 4.74 Å². The number of carbonyl (C=O) groups is 1. The number of ether oxygens (including phenoxy) is 1. The molecule has 0 aromatic heterocycles. The van der Waals surface area contributed by atoms with E-state index >= 15 is 0 Å². The molecule has 0 radical (unpaired) electrons. The summed E-state index contributed by atoms with van der Waals surface area (Å²) >= 11 is 4.30. The van der Waals surface area contributed by atoms with Crippen LogP contribution in [0.5, 0.6) is 0 Å². The summed E-state index contributed by atoms with van der Waals surface area (Å²) in [6.45, 7) is 7.44. The van der Waals surface area contributed by atoms with Gasteiger partial charge >= 0.3 is 0 Å². The van der Waals surface area contributed by atoms with Crippen LogP contribution in [0.25, 0.3) is 0 Å². The SMILES string of the molecule is CC(C)C(S)C(=O)NC1(C)CCCOC1. The van der Waals surface area contributed by atoms with E-state index in [0.29, 0.717) is 6.61 Å². The van der Waals surface area contributed by atoms with Gasteiger partial charge in [0.25, 0.3) is 0 Å². The third kappa shape index (κ3) is 3.68. The molecule has 0 spiro atoms. The van der Waals surface area contributed by atoms with Gasteiger partial charge in [0.15, 0.2) is 0 Å². The molecular formula is C11H21NO2S. The minimum atomic E-state index is -0.233. The summed E-state index contributed by atoms with van der Waals surface area (Å²) in [4.78, 5) is 11.8. The molecule has 2 unspecified atom stereocenters. The van der Waals surface area contributed by atoms with Crippen LogP contribution in [0.4, 0.5) is 0 Å². The van der Waals surface area contributed by atoms with Crippen molar-refractivity contribution in [3.63, 3.8) is 0 Å². The molecule has 2 atom stereocenters. The first-order valence-electron chi connectivity index (χ1n) is 5.52. The number of thiol groups is 1. The van der Waals surface area contributed by atoms with Crippen LogP contribution in [0.2, 0.25) is 0 Å². The van der Waals surface area contributed by atoms with E-state index in [9.17, 15) is 4.79 Å². The Kier molecular flexibility index (Phi) is 4.46. The third-order valence-electron chi connectivity index (χ3n) is 2.76. The summed E-state index contributed by atoms with van der Waals surface area (Å²) in [6.07, 6.45) is 1.99. The van der Waals surface area contributed by atoms with Crippen molar-refractivity contribution >= 4 is 18.5 Å². The van der Waals surface area contributed by atoms with Gasteiger partial charge in [-0.3, -0.25) is 4.79 Å². The lowest BCUT2D eigenvalue weighted by Crippen LogP contribution is -2.54. The minimum absolute atomic E-state index is 0.0151. The van der Waals surface area contributed by atoms with Crippen LogP contribution < -0.4 is 5.32 Å². The normalized spacial score (nSPS) is 28.9. The lowest BCUT2D eigenvalue weighted by molar-refractivity contribution is -0.124. The number of carbonyl (C=O) groups excluding carboxylic acids is 1. The van der Waals surface area contributed by atoms with Gasteiger partial charge < -0.3 is 10.1 Å². The van der Waals surface area contributed by atoms with Gasteiger partial charge in [0.2, 0.25) is 5.91 Å². The van der Waals surface area contributed by atoms with E-state index in [-0.39, 0.29) is 22.6 Å². The second kappa shape index (κ2) is 5.21. The topological polar surface area (TPSA) is 38.3 Å². The molecule has 0 aromatic carbocycles. The molecule has 1 fully saturated rings. The first-order valence-corrected chi connectivity index (χ1v) is 6.04. The van der Waals surface area contributed by atoms with Gasteiger partial charge in [-0.1, -0.05) is 13.8 Å². The predicted molar refractivity (Wildman–Crippen MR) is 64.2 cm³/mol. The van der Waals surface area contributed by atoms with Crippen molar-refractivity contribution in [2.24, 2.45) is 5.92 Å². The van der Waals surface area contributed by atoms with E-state index in [0.717, 1.165) is 19.4 Å². The molecule has 0 aromatic rings. The summed E-state index contributed by atoms with van der Waals surface area (Å²) in [6, 6.07) is 0. The van der Waals surface area contributed by atoms with E-state index in [1.807, 2.05) is 20.8 Å². The maximum absolute atomic E-state index is 11.8. The lowest BCUT2D eigenvalue weighted by Gasteiger charge is -2.35. The van der Waals surface area contributed by atoms with Crippen LogP contribution in [-0.4, -0.2) is 29.9 Å². The van der Waals surface area contributed by atoms with Crippen LogP contribution in [0.15, 0.2) is 0 Å². The van der Waals surface area contributed by atoms with Gasteiger partial charge in [-0.25, -0.2) is 0 Å². The highest BCUT2D eigenvalue weighted by Crippen LogP contribution is 2.19. The minimum Gasteiger partial charge on any atom is -0.379 e. The zero-order valence-corrected chi connectivity index (χ0v) is 10.6. The highest BCUT2D eigenvalue weighted by molar-refractivity contribution is 7.81. The zero-order chi connectivity index (χ0) is 11.5. The maximum atomic E-state index is 11.8. The first-order chi connectivity index (χ1) is 6.94. The standard InChI is InChI=1S/C11H21NO2S/c1-8(2)9(15)10(13)12-11(3)5-4-6-14-7-11/h8-9,15H,4-7H2,1-3H3,(H,12,13). The van der Waals surface area contributed by atoms with Gasteiger partial charge in [0.1, 0.15) is 0 Å². The number of amides is 1. The summed E-state index contributed by atoms with van der Waals surface area (Å²) < 4.78 is 5.39. The van der Waals surface area contributed by atoms with Crippen molar-refractivity contribution < 1.29 is 9.53 Å². The Morgan fingerprint density at radius 3 is 2.67 bits per heavy atom. The van der Waals surface area contributed by atoms with Crippen molar-refractivity contribution in [2.75, 3.05) is 13.2 Å². The molecule has 1 amide bonds. The number of hydrogen-bond donors (Lipinski definition) is 2. The first kappa shape index (κ1) is 12.8. The van der Waals surface area contributed by atoms with Gasteiger partial charge in [0.05, 0.1) is 17.4 Å². The summed E-state index contributed by atoms with van der Waals surface area (Å²) in [5.41, 5.74) is -0.203. The fraction of sp³-hybridized carbons (Fsp3) is 0.909. The highest BCUT2D eigenvalue weighted by atomic mass is 32.1. The second-order valence-electron chi connectivity index (χ2n) is 4.89. The molecule has 15 heavy (non-hydrogen) atoms. The lowest BCUT2D eigenvalue weighted by atomic mass is 9.94. The Labute approximate surface area is 97.4 Å². The highest BCUT2D eigenvalue weighted by Gasteiger charge is 2.31. The predicted octanol–water partition coefficient (Wildman–Crippen LogP) is 1.63. The Bertz CT molecular complexity index is 225. The molecule has 1 rings (SSSR count). The monoisotopic (exact) mass is 231 g/mol. The summed E-state index contributed by atoms with van der Waals surface area (Å²) in [7, 11) is 0.